The van der Waals surface area contributed by atoms with E-state index in [1.54, 1.807) is 24.3 Å². The third-order valence-corrected chi connectivity index (χ3v) is 2.41. The van der Waals surface area contributed by atoms with E-state index in [0.29, 0.717) is 13.2 Å². The van der Waals surface area contributed by atoms with E-state index in [4.69, 9.17) is 9.47 Å². The third kappa shape index (κ3) is 3.75. The largest absolute Gasteiger partial charge is 0.487 e. The molecule has 0 amide bonds. The highest BCUT2D eigenvalue weighted by atomic mass is 32.1. The molecule has 1 rings (SSSR count). The standard InChI is InChI=1S/C11H14O3S/c1-3-13-10(11(12)14-4-2)8-9-6-5-7-15-9/h5-8H,3-4H2,1-2H3/b10-8-. The first-order valence-corrected chi connectivity index (χ1v) is 5.71. The van der Waals surface area contributed by atoms with Crippen LogP contribution in [0.3, 0.4) is 0 Å². The Morgan fingerprint density at radius 3 is 2.67 bits per heavy atom. The molecule has 0 unspecified atom stereocenters. The topological polar surface area (TPSA) is 35.5 Å². The maximum atomic E-state index is 11.4. The summed E-state index contributed by atoms with van der Waals surface area (Å²) in [6.45, 7) is 4.41. The van der Waals surface area contributed by atoms with E-state index >= 15 is 0 Å². The number of hydrogen-bond acceptors (Lipinski definition) is 4. The van der Waals surface area contributed by atoms with Gasteiger partial charge in [-0.1, -0.05) is 6.07 Å². The SMILES string of the molecule is CCOC(=O)/C(=C/c1cccs1)OCC. The van der Waals surface area contributed by atoms with E-state index < -0.39 is 5.97 Å². The normalized spacial score (nSPS) is 11.2. The zero-order valence-corrected chi connectivity index (χ0v) is 9.67. The molecule has 0 aliphatic rings. The Hall–Kier alpha value is -1.29. The lowest BCUT2D eigenvalue weighted by atomic mass is 10.4. The van der Waals surface area contributed by atoms with Crippen molar-refractivity contribution >= 4 is 23.4 Å². The van der Waals surface area contributed by atoms with Crippen molar-refractivity contribution in [2.75, 3.05) is 13.2 Å². The molecule has 1 heterocycles. The first-order chi connectivity index (χ1) is 7.27. The van der Waals surface area contributed by atoms with Crippen molar-refractivity contribution in [3.05, 3.63) is 28.1 Å². The summed E-state index contributed by atoms with van der Waals surface area (Å²) in [7, 11) is 0. The lowest BCUT2D eigenvalue weighted by Crippen LogP contribution is -2.10. The van der Waals surface area contributed by atoms with E-state index in [1.165, 1.54) is 0 Å². The van der Waals surface area contributed by atoms with E-state index in [2.05, 4.69) is 0 Å². The van der Waals surface area contributed by atoms with Gasteiger partial charge in [0.25, 0.3) is 0 Å². The summed E-state index contributed by atoms with van der Waals surface area (Å²) < 4.78 is 10.1. The van der Waals surface area contributed by atoms with Crippen LogP contribution < -0.4 is 0 Å². The van der Waals surface area contributed by atoms with Gasteiger partial charge in [-0.25, -0.2) is 4.79 Å². The molecule has 0 aliphatic carbocycles. The number of esters is 1. The van der Waals surface area contributed by atoms with Crippen molar-refractivity contribution in [2.24, 2.45) is 0 Å². The number of ether oxygens (including phenoxy) is 2. The molecule has 82 valence electrons. The fourth-order valence-corrected chi connectivity index (χ4v) is 1.67. The predicted molar refractivity (Wildman–Crippen MR) is 60.6 cm³/mol. The average molecular weight is 226 g/mol. The third-order valence-electron chi connectivity index (χ3n) is 1.59. The van der Waals surface area contributed by atoms with Crippen LogP contribution in [0, 0.1) is 0 Å². The van der Waals surface area contributed by atoms with E-state index in [1.807, 2.05) is 24.4 Å². The maximum absolute atomic E-state index is 11.4. The van der Waals surface area contributed by atoms with Crippen LogP contribution in [0.15, 0.2) is 23.3 Å². The van der Waals surface area contributed by atoms with Crippen LogP contribution in [-0.2, 0) is 14.3 Å². The van der Waals surface area contributed by atoms with Gasteiger partial charge >= 0.3 is 5.97 Å². The van der Waals surface area contributed by atoms with Gasteiger partial charge in [0.15, 0.2) is 0 Å². The van der Waals surface area contributed by atoms with Crippen molar-refractivity contribution in [2.45, 2.75) is 13.8 Å². The summed E-state index contributed by atoms with van der Waals surface area (Å²) >= 11 is 1.55. The summed E-state index contributed by atoms with van der Waals surface area (Å²) in [5.74, 6) is -0.144. The monoisotopic (exact) mass is 226 g/mol. The zero-order valence-electron chi connectivity index (χ0n) is 8.86. The lowest BCUT2D eigenvalue weighted by Gasteiger charge is -2.06. The molecule has 0 saturated heterocycles. The summed E-state index contributed by atoms with van der Waals surface area (Å²) in [6.07, 6.45) is 1.70. The molecule has 0 aliphatic heterocycles. The van der Waals surface area contributed by atoms with Crippen LogP contribution in [0.5, 0.6) is 0 Å². The molecule has 3 nitrogen and oxygen atoms in total. The second-order valence-electron chi connectivity index (χ2n) is 2.68. The molecule has 4 heteroatoms. The Balaban J connectivity index is 2.77. The van der Waals surface area contributed by atoms with Crippen LogP contribution in [-0.4, -0.2) is 19.2 Å². The average Bonchev–Trinajstić information content (AvgIpc) is 2.70. The molecule has 0 N–H and O–H groups in total. The Morgan fingerprint density at radius 2 is 2.13 bits per heavy atom. The number of carbonyl (C=O) groups is 1. The highest BCUT2D eigenvalue weighted by Crippen LogP contribution is 2.14. The molecule has 0 radical (unpaired) electrons. The minimum absolute atomic E-state index is 0.266. The number of hydrogen-bond donors (Lipinski definition) is 0. The molecule has 0 aromatic carbocycles. The molecule has 1 aromatic heterocycles. The zero-order chi connectivity index (χ0) is 11.1. The summed E-state index contributed by atoms with van der Waals surface area (Å²) in [4.78, 5) is 12.4. The molecule has 0 saturated carbocycles. The molecule has 0 atom stereocenters. The van der Waals surface area contributed by atoms with Gasteiger partial charge < -0.3 is 9.47 Å². The lowest BCUT2D eigenvalue weighted by molar-refractivity contribution is -0.142. The molecule has 0 fully saturated rings. The van der Waals surface area contributed by atoms with Gasteiger partial charge in [0.1, 0.15) is 0 Å². The molecular formula is C11H14O3S. The van der Waals surface area contributed by atoms with E-state index in [-0.39, 0.29) is 5.76 Å². The van der Waals surface area contributed by atoms with Gasteiger partial charge in [0.05, 0.1) is 13.2 Å². The number of thiophene rings is 1. The van der Waals surface area contributed by atoms with Gasteiger partial charge in [-0.2, -0.15) is 0 Å². The van der Waals surface area contributed by atoms with Gasteiger partial charge in [-0.3, -0.25) is 0 Å². The van der Waals surface area contributed by atoms with E-state index in [0.717, 1.165) is 4.88 Å². The van der Waals surface area contributed by atoms with Crippen LogP contribution in [0.4, 0.5) is 0 Å². The van der Waals surface area contributed by atoms with Crippen molar-refractivity contribution in [1.82, 2.24) is 0 Å². The van der Waals surface area contributed by atoms with Crippen LogP contribution in [0.2, 0.25) is 0 Å². The number of rotatable bonds is 5. The Kier molecular flexibility index (Phi) is 4.90. The van der Waals surface area contributed by atoms with Crippen molar-refractivity contribution in [1.29, 1.82) is 0 Å². The van der Waals surface area contributed by atoms with Crippen molar-refractivity contribution < 1.29 is 14.3 Å². The van der Waals surface area contributed by atoms with Crippen molar-refractivity contribution in [3.63, 3.8) is 0 Å². The first-order valence-electron chi connectivity index (χ1n) is 4.83. The minimum Gasteiger partial charge on any atom is -0.487 e. The first kappa shape index (κ1) is 11.8. The smallest absolute Gasteiger partial charge is 0.373 e. The van der Waals surface area contributed by atoms with Crippen LogP contribution >= 0.6 is 11.3 Å². The van der Waals surface area contributed by atoms with E-state index in [9.17, 15) is 4.79 Å². The van der Waals surface area contributed by atoms with Gasteiger partial charge in [-0.05, 0) is 25.3 Å². The van der Waals surface area contributed by atoms with Gasteiger partial charge in [0, 0.05) is 11.0 Å². The number of carbonyl (C=O) groups excluding carboxylic acids is 1. The summed E-state index contributed by atoms with van der Waals surface area (Å²) in [6, 6.07) is 3.84. The highest BCUT2D eigenvalue weighted by molar-refractivity contribution is 7.10. The fraction of sp³-hybridized carbons (Fsp3) is 0.364. The quantitative estimate of drug-likeness (QED) is 0.440. The summed E-state index contributed by atoms with van der Waals surface area (Å²) in [5.41, 5.74) is 0. The van der Waals surface area contributed by atoms with Crippen LogP contribution in [0.25, 0.3) is 6.08 Å². The summed E-state index contributed by atoms with van der Waals surface area (Å²) in [5, 5.41) is 1.94. The van der Waals surface area contributed by atoms with Gasteiger partial charge in [-0.15, -0.1) is 11.3 Å². The Morgan fingerprint density at radius 1 is 1.40 bits per heavy atom. The van der Waals surface area contributed by atoms with Crippen molar-refractivity contribution in [3.8, 4) is 0 Å². The maximum Gasteiger partial charge on any atom is 0.373 e. The molecule has 1 aromatic rings. The molecular weight excluding hydrogens is 212 g/mol. The fourth-order valence-electron chi connectivity index (χ4n) is 1.02. The molecule has 0 bridgehead atoms. The Labute approximate surface area is 93.3 Å². The molecule has 0 spiro atoms. The van der Waals surface area contributed by atoms with Gasteiger partial charge in [0.2, 0.25) is 5.76 Å². The van der Waals surface area contributed by atoms with Crippen LogP contribution in [0.1, 0.15) is 18.7 Å². The predicted octanol–water partition coefficient (Wildman–Crippen LogP) is 2.69. The second-order valence-corrected chi connectivity index (χ2v) is 3.66. The minimum atomic E-state index is -0.409. The molecule has 15 heavy (non-hydrogen) atoms. The second kappa shape index (κ2) is 6.24. The highest BCUT2D eigenvalue weighted by Gasteiger charge is 2.11. The Bertz CT molecular complexity index is 328.